The molecule has 4 nitrogen and oxygen atoms in total. The first-order valence-electron chi connectivity index (χ1n) is 6.69. The molecule has 1 atom stereocenters. The molecule has 19 heavy (non-hydrogen) atoms. The van der Waals surface area contributed by atoms with Gasteiger partial charge in [0.15, 0.2) is 0 Å². The summed E-state index contributed by atoms with van der Waals surface area (Å²) in [6.07, 6.45) is 1.63. The Hall–Kier alpha value is -1.62. The molecule has 0 saturated carbocycles. The molecule has 1 aromatic rings. The number of halogens is 1. The van der Waals surface area contributed by atoms with Crippen molar-refractivity contribution in [1.82, 2.24) is 9.80 Å². The van der Waals surface area contributed by atoms with E-state index in [0.717, 1.165) is 38.2 Å². The van der Waals surface area contributed by atoms with E-state index >= 15 is 0 Å². The average Bonchev–Trinajstić information content (AvgIpc) is 2.75. The normalized spacial score (nSPS) is 23.7. The number of carbonyl (C=O) groups is 1. The second-order valence-electron chi connectivity index (χ2n) is 5.37. The van der Waals surface area contributed by atoms with E-state index in [-0.39, 0.29) is 17.4 Å². The molecule has 0 radical (unpaired) electrons. The maximum absolute atomic E-state index is 13.4. The van der Waals surface area contributed by atoms with Crippen molar-refractivity contribution in [3.05, 3.63) is 29.6 Å². The van der Waals surface area contributed by atoms with Crippen molar-refractivity contribution >= 4 is 11.6 Å². The SMILES string of the molecule is Nc1ccc(CN2CCN3C(=O)CCC3C2)cc1F. The second-order valence-corrected chi connectivity index (χ2v) is 5.37. The summed E-state index contributed by atoms with van der Waals surface area (Å²) in [6.45, 7) is 3.25. The molecule has 3 rings (SSSR count). The van der Waals surface area contributed by atoms with Gasteiger partial charge < -0.3 is 10.6 Å². The van der Waals surface area contributed by atoms with Gasteiger partial charge in [-0.2, -0.15) is 0 Å². The van der Waals surface area contributed by atoms with E-state index in [1.54, 1.807) is 6.07 Å². The first-order chi connectivity index (χ1) is 9.13. The van der Waals surface area contributed by atoms with E-state index in [1.165, 1.54) is 6.07 Å². The number of carbonyl (C=O) groups excluding carboxylic acids is 1. The van der Waals surface area contributed by atoms with Crippen molar-refractivity contribution in [3.8, 4) is 0 Å². The number of nitrogens with zero attached hydrogens (tertiary/aromatic N) is 2. The third-order valence-electron chi connectivity index (χ3n) is 4.05. The third-order valence-corrected chi connectivity index (χ3v) is 4.05. The van der Waals surface area contributed by atoms with E-state index in [4.69, 9.17) is 5.73 Å². The third kappa shape index (κ3) is 2.42. The average molecular weight is 263 g/mol. The van der Waals surface area contributed by atoms with Gasteiger partial charge in [-0.25, -0.2) is 4.39 Å². The quantitative estimate of drug-likeness (QED) is 0.816. The Kier molecular flexibility index (Phi) is 3.14. The van der Waals surface area contributed by atoms with Crippen LogP contribution in [0.5, 0.6) is 0 Å². The van der Waals surface area contributed by atoms with Crippen LogP contribution in [0.4, 0.5) is 10.1 Å². The van der Waals surface area contributed by atoms with Crippen molar-refractivity contribution < 1.29 is 9.18 Å². The molecular formula is C14H18FN3O. The fourth-order valence-electron chi connectivity index (χ4n) is 3.00. The van der Waals surface area contributed by atoms with Crippen molar-refractivity contribution in [2.45, 2.75) is 25.4 Å². The van der Waals surface area contributed by atoms with Crippen LogP contribution in [0.3, 0.4) is 0 Å². The monoisotopic (exact) mass is 263 g/mol. The lowest BCUT2D eigenvalue weighted by Gasteiger charge is -2.37. The fraction of sp³-hybridized carbons (Fsp3) is 0.500. The molecule has 2 heterocycles. The predicted molar refractivity (Wildman–Crippen MR) is 70.8 cm³/mol. The smallest absolute Gasteiger partial charge is 0.222 e. The Bertz CT molecular complexity index is 505. The number of hydrogen-bond acceptors (Lipinski definition) is 3. The summed E-state index contributed by atoms with van der Waals surface area (Å²) >= 11 is 0. The number of rotatable bonds is 2. The highest BCUT2D eigenvalue weighted by Gasteiger charge is 2.35. The molecule has 102 valence electrons. The molecule has 2 fully saturated rings. The van der Waals surface area contributed by atoms with Crippen LogP contribution in [0.25, 0.3) is 0 Å². The molecule has 1 aromatic carbocycles. The number of anilines is 1. The van der Waals surface area contributed by atoms with Crippen molar-refractivity contribution in [2.75, 3.05) is 25.4 Å². The van der Waals surface area contributed by atoms with Crippen molar-refractivity contribution in [1.29, 1.82) is 0 Å². The maximum atomic E-state index is 13.4. The summed E-state index contributed by atoms with van der Waals surface area (Å²) in [7, 11) is 0. The number of benzene rings is 1. The summed E-state index contributed by atoms with van der Waals surface area (Å²) < 4.78 is 13.4. The number of fused-ring (bicyclic) bond motifs is 1. The van der Waals surface area contributed by atoms with Crippen LogP contribution in [0.15, 0.2) is 18.2 Å². The zero-order chi connectivity index (χ0) is 13.4. The first kappa shape index (κ1) is 12.4. The van der Waals surface area contributed by atoms with Gasteiger partial charge in [0.2, 0.25) is 5.91 Å². The lowest BCUT2D eigenvalue weighted by atomic mass is 10.1. The number of piperazine rings is 1. The molecule has 2 N–H and O–H groups in total. The van der Waals surface area contributed by atoms with Crippen LogP contribution in [-0.2, 0) is 11.3 Å². The summed E-state index contributed by atoms with van der Waals surface area (Å²) in [6, 6.07) is 5.33. The van der Waals surface area contributed by atoms with Crippen LogP contribution in [0, 0.1) is 5.82 Å². The molecule has 2 aliphatic rings. The molecule has 0 bridgehead atoms. The highest BCUT2D eigenvalue weighted by atomic mass is 19.1. The molecule has 1 amide bonds. The van der Waals surface area contributed by atoms with Crippen LogP contribution in [0.1, 0.15) is 18.4 Å². The Morgan fingerprint density at radius 2 is 2.21 bits per heavy atom. The van der Waals surface area contributed by atoms with Gasteiger partial charge in [-0.05, 0) is 24.1 Å². The highest BCUT2D eigenvalue weighted by molar-refractivity contribution is 5.78. The molecule has 2 saturated heterocycles. The molecule has 1 unspecified atom stereocenters. The van der Waals surface area contributed by atoms with Gasteiger partial charge in [-0.1, -0.05) is 6.07 Å². The van der Waals surface area contributed by atoms with Crippen LogP contribution >= 0.6 is 0 Å². The van der Waals surface area contributed by atoms with Crippen molar-refractivity contribution in [3.63, 3.8) is 0 Å². The second kappa shape index (κ2) is 4.81. The van der Waals surface area contributed by atoms with E-state index in [2.05, 4.69) is 4.90 Å². The minimum Gasteiger partial charge on any atom is -0.396 e. The molecule has 0 spiro atoms. The van der Waals surface area contributed by atoms with Gasteiger partial charge >= 0.3 is 0 Å². The molecular weight excluding hydrogens is 245 g/mol. The maximum Gasteiger partial charge on any atom is 0.222 e. The van der Waals surface area contributed by atoms with Gasteiger partial charge in [0, 0.05) is 38.6 Å². The van der Waals surface area contributed by atoms with E-state index < -0.39 is 0 Å². The van der Waals surface area contributed by atoms with E-state index in [9.17, 15) is 9.18 Å². The Labute approximate surface area is 112 Å². The highest BCUT2D eigenvalue weighted by Crippen LogP contribution is 2.24. The zero-order valence-corrected chi connectivity index (χ0v) is 10.8. The van der Waals surface area contributed by atoms with Gasteiger partial charge in [-0.3, -0.25) is 9.69 Å². The first-order valence-corrected chi connectivity index (χ1v) is 6.69. The molecule has 5 heteroatoms. The number of nitrogens with two attached hydrogens (primary N) is 1. The minimum absolute atomic E-state index is 0.190. The standard InChI is InChI=1S/C14H18FN3O/c15-12-7-10(1-3-13(12)16)8-17-5-6-18-11(9-17)2-4-14(18)19/h1,3,7,11H,2,4-6,8-9,16H2. The Balaban J connectivity index is 1.65. The van der Waals surface area contributed by atoms with Crippen LogP contribution in [-0.4, -0.2) is 41.4 Å². The Morgan fingerprint density at radius 1 is 1.37 bits per heavy atom. The lowest BCUT2D eigenvalue weighted by molar-refractivity contribution is -0.130. The lowest BCUT2D eigenvalue weighted by Crippen LogP contribution is -2.50. The number of hydrogen-bond donors (Lipinski definition) is 1. The molecule has 0 aliphatic carbocycles. The van der Waals surface area contributed by atoms with Gasteiger partial charge in [0.25, 0.3) is 0 Å². The topological polar surface area (TPSA) is 49.6 Å². The largest absolute Gasteiger partial charge is 0.396 e. The fourth-order valence-corrected chi connectivity index (χ4v) is 3.00. The molecule has 0 aromatic heterocycles. The van der Waals surface area contributed by atoms with E-state index in [1.807, 2.05) is 11.0 Å². The van der Waals surface area contributed by atoms with Gasteiger partial charge in [0.05, 0.1) is 5.69 Å². The minimum atomic E-state index is -0.354. The Morgan fingerprint density at radius 3 is 3.00 bits per heavy atom. The summed E-state index contributed by atoms with van der Waals surface area (Å²) in [5.41, 5.74) is 6.60. The van der Waals surface area contributed by atoms with Gasteiger partial charge in [-0.15, -0.1) is 0 Å². The summed E-state index contributed by atoms with van der Waals surface area (Å²) in [5, 5.41) is 0. The summed E-state index contributed by atoms with van der Waals surface area (Å²) in [4.78, 5) is 15.9. The van der Waals surface area contributed by atoms with Crippen LogP contribution < -0.4 is 5.73 Å². The zero-order valence-electron chi connectivity index (χ0n) is 10.8. The predicted octanol–water partition coefficient (Wildman–Crippen LogP) is 1.21. The van der Waals surface area contributed by atoms with Crippen molar-refractivity contribution in [2.24, 2.45) is 0 Å². The van der Waals surface area contributed by atoms with Crippen LogP contribution in [0.2, 0.25) is 0 Å². The number of nitrogen functional groups attached to an aromatic ring is 1. The van der Waals surface area contributed by atoms with E-state index in [0.29, 0.717) is 12.5 Å². The number of amides is 1. The molecule has 2 aliphatic heterocycles. The summed E-state index contributed by atoms with van der Waals surface area (Å²) in [5.74, 6) is -0.0737. The van der Waals surface area contributed by atoms with Gasteiger partial charge in [0.1, 0.15) is 5.82 Å².